The molecule has 1 heterocycles. The van der Waals surface area contributed by atoms with Gasteiger partial charge in [-0.3, -0.25) is 9.89 Å². The maximum absolute atomic E-state index is 11.9. The molecule has 0 aliphatic rings. The molecule has 1 aromatic carbocycles. The van der Waals surface area contributed by atoms with Gasteiger partial charge in [0.05, 0.1) is 11.4 Å². The van der Waals surface area contributed by atoms with Crippen LogP contribution in [0.4, 0.5) is 5.82 Å². The van der Waals surface area contributed by atoms with Crippen molar-refractivity contribution >= 4 is 39.4 Å². The highest BCUT2D eigenvalue weighted by molar-refractivity contribution is 9.10. The summed E-state index contributed by atoms with van der Waals surface area (Å²) >= 11 is 4.90. The van der Waals surface area contributed by atoms with Crippen LogP contribution in [0.5, 0.6) is 0 Å². The summed E-state index contributed by atoms with van der Waals surface area (Å²) in [5, 5.41) is 9.07. The van der Waals surface area contributed by atoms with E-state index < -0.39 is 0 Å². The third-order valence-electron chi connectivity index (χ3n) is 2.25. The molecule has 0 aliphatic heterocycles. The highest BCUT2D eigenvalue weighted by Gasteiger charge is 2.14. The largest absolute Gasteiger partial charge is 0.310 e. The molecule has 0 bridgehead atoms. The van der Waals surface area contributed by atoms with Crippen LogP contribution in [-0.4, -0.2) is 21.4 Å². The van der Waals surface area contributed by atoms with Crippen LogP contribution in [0.2, 0.25) is 0 Å². The summed E-state index contributed by atoms with van der Waals surface area (Å²) in [6.45, 7) is 1.87. The van der Waals surface area contributed by atoms with Gasteiger partial charge in [0.2, 0.25) is 5.91 Å². The molecule has 18 heavy (non-hydrogen) atoms. The predicted octanol–water partition coefficient (Wildman–Crippen LogP) is 3.29. The van der Waals surface area contributed by atoms with Gasteiger partial charge in [-0.2, -0.15) is 5.10 Å². The summed E-state index contributed by atoms with van der Waals surface area (Å²) < 4.78 is 1.03. The summed E-state index contributed by atoms with van der Waals surface area (Å²) in [4.78, 5) is 13.0. The average Bonchev–Trinajstić information content (AvgIpc) is 2.85. The number of hydrogen-bond acceptors (Lipinski definition) is 3. The molecule has 1 atom stereocenters. The van der Waals surface area contributed by atoms with Crippen molar-refractivity contribution in [3.8, 4) is 0 Å². The first-order valence-electron chi connectivity index (χ1n) is 5.37. The number of nitrogens with one attached hydrogen (secondary N) is 2. The Labute approximate surface area is 118 Å². The maximum Gasteiger partial charge on any atom is 0.238 e. The Bertz CT molecular complexity index is 513. The molecular weight excluding hydrogens is 314 g/mol. The Hall–Kier alpha value is -1.27. The lowest BCUT2D eigenvalue weighted by Crippen LogP contribution is -2.22. The summed E-state index contributed by atoms with van der Waals surface area (Å²) in [6.07, 6.45) is 1.60. The third kappa shape index (κ3) is 3.61. The van der Waals surface area contributed by atoms with E-state index in [0.29, 0.717) is 5.82 Å². The van der Waals surface area contributed by atoms with Crippen LogP contribution in [0, 0.1) is 0 Å². The molecule has 94 valence electrons. The SMILES string of the molecule is C[C@@H](Sc1ccc(Br)cc1)C(=O)Nc1ccn[nH]1. The lowest BCUT2D eigenvalue weighted by atomic mass is 10.4. The van der Waals surface area contributed by atoms with Gasteiger partial charge >= 0.3 is 0 Å². The molecule has 1 amide bonds. The number of hydrogen-bond donors (Lipinski definition) is 2. The smallest absolute Gasteiger partial charge is 0.238 e. The number of anilines is 1. The Kier molecular flexibility index (Phi) is 4.43. The van der Waals surface area contributed by atoms with E-state index in [1.807, 2.05) is 31.2 Å². The highest BCUT2D eigenvalue weighted by atomic mass is 79.9. The van der Waals surface area contributed by atoms with E-state index in [9.17, 15) is 4.79 Å². The van der Waals surface area contributed by atoms with E-state index in [1.165, 1.54) is 11.8 Å². The van der Waals surface area contributed by atoms with Crippen molar-refractivity contribution in [2.45, 2.75) is 17.1 Å². The lowest BCUT2D eigenvalue weighted by molar-refractivity contribution is -0.115. The molecule has 0 aliphatic carbocycles. The molecule has 0 fully saturated rings. The van der Waals surface area contributed by atoms with Gasteiger partial charge in [-0.1, -0.05) is 15.9 Å². The van der Waals surface area contributed by atoms with Gasteiger partial charge in [0, 0.05) is 15.4 Å². The van der Waals surface area contributed by atoms with Crippen LogP contribution >= 0.6 is 27.7 Å². The summed E-state index contributed by atoms with van der Waals surface area (Å²) in [6, 6.07) is 9.60. The van der Waals surface area contributed by atoms with Gasteiger partial charge < -0.3 is 5.32 Å². The Morgan fingerprint density at radius 3 is 2.72 bits per heavy atom. The van der Waals surface area contributed by atoms with Crippen LogP contribution in [0.1, 0.15) is 6.92 Å². The fourth-order valence-electron chi connectivity index (χ4n) is 1.33. The first kappa shape index (κ1) is 13.2. The third-order valence-corrected chi connectivity index (χ3v) is 3.89. The number of amides is 1. The van der Waals surface area contributed by atoms with Gasteiger partial charge in [-0.15, -0.1) is 11.8 Å². The fraction of sp³-hybridized carbons (Fsp3) is 0.167. The van der Waals surface area contributed by atoms with Crippen molar-refractivity contribution in [1.29, 1.82) is 0 Å². The second-order valence-corrected chi connectivity index (χ2v) is 6.00. The number of H-pyrrole nitrogens is 1. The van der Waals surface area contributed by atoms with E-state index in [4.69, 9.17) is 0 Å². The predicted molar refractivity (Wildman–Crippen MR) is 76.7 cm³/mol. The molecule has 0 radical (unpaired) electrons. The summed E-state index contributed by atoms with van der Waals surface area (Å²) in [7, 11) is 0. The van der Waals surface area contributed by atoms with E-state index in [-0.39, 0.29) is 11.2 Å². The highest BCUT2D eigenvalue weighted by Crippen LogP contribution is 2.25. The average molecular weight is 326 g/mol. The van der Waals surface area contributed by atoms with E-state index in [2.05, 4.69) is 31.4 Å². The molecule has 0 spiro atoms. The van der Waals surface area contributed by atoms with Crippen molar-refractivity contribution in [1.82, 2.24) is 10.2 Å². The Morgan fingerprint density at radius 2 is 2.11 bits per heavy atom. The Morgan fingerprint density at radius 1 is 1.39 bits per heavy atom. The van der Waals surface area contributed by atoms with Crippen LogP contribution in [0.25, 0.3) is 0 Å². The van der Waals surface area contributed by atoms with Crippen molar-refractivity contribution < 1.29 is 4.79 Å². The number of nitrogens with zero attached hydrogens (tertiary/aromatic N) is 1. The van der Waals surface area contributed by atoms with Crippen molar-refractivity contribution in [3.63, 3.8) is 0 Å². The monoisotopic (exact) mass is 325 g/mol. The molecular formula is C12H12BrN3OS. The van der Waals surface area contributed by atoms with E-state index in [0.717, 1.165) is 9.37 Å². The van der Waals surface area contributed by atoms with Crippen LogP contribution in [-0.2, 0) is 4.79 Å². The topological polar surface area (TPSA) is 57.8 Å². The molecule has 4 nitrogen and oxygen atoms in total. The number of benzene rings is 1. The van der Waals surface area contributed by atoms with E-state index >= 15 is 0 Å². The zero-order valence-electron chi connectivity index (χ0n) is 9.68. The van der Waals surface area contributed by atoms with Gasteiger partial charge in [0.25, 0.3) is 0 Å². The number of halogens is 1. The zero-order valence-corrected chi connectivity index (χ0v) is 12.1. The van der Waals surface area contributed by atoms with Gasteiger partial charge in [0.1, 0.15) is 5.82 Å². The minimum absolute atomic E-state index is 0.0489. The molecule has 1 aromatic heterocycles. The van der Waals surface area contributed by atoms with Gasteiger partial charge in [-0.05, 0) is 31.2 Å². The molecule has 2 N–H and O–H groups in total. The zero-order chi connectivity index (χ0) is 13.0. The Balaban J connectivity index is 1.93. The number of rotatable bonds is 4. The molecule has 0 saturated heterocycles. The second-order valence-electron chi connectivity index (χ2n) is 3.67. The number of aromatic amines is 1. The first-order valence-corrected chi connectivity index (χ1v) is 7.05. The lowest BCUT2D eigenvalue weighted by Gasteiger charge is -2.10. The summed E-state index contributed by atoms with van der Waals surface area (Å²) in [5.74, 6) is 0.565. The number of carbonyl (C=O) groups is 1. The van der Waals surface area contributed by atoms with Crippen LogP contribution < -0.4 is 5.32 Å². The summed E-state index contributed by atoms with van der Waals surface area (Å²) in [5.41, 5.74) is 0. The maximum atomic E-state index is 11.9. The number of aromatic nitrogens is 2. The first-order chi connectivity index (χ1) is 8.65. The molecule has 0 unspecified atom stereocenters. The molecule has 2 aromatic rings. The fourth-order valence-corrected chi connectivity index (χ4v) is 2.46. The molecule has 0 saturated carbocycles. The van der Waals surface area contributed by atoms with Crippen molar-refractivity contribution in [2.75, 3.05) is 5.32 Å². The van der Waals surface area contributed by atoms with E-state index in [1.54, 1.807) is 12.3 Å². The standard InChI is InChI=1S/C12H12BrN3OS/c1-8(12(17)15-11-6-7-14-16-11)18-10-4-2-9(13)3-5-10/h2-8H,1H3,(H2,14,15,16,17)/t8-/m1/s1. The van der Waals surface area contributed by atoms with Crippen LogP contribution in [0.15, 0.2) is 45.9 Å². The minimum Gasteiger partial charge on any atom is -0.310 e. The van der Waals surface area contributed by atoms with Crippen molar-refractivity contribution in [3.05, 3.63) is 41.0 Å². The quantitative estimate of drug-likeness (QED) is 0.848. The van der Waals surface area contributed by atoms with Gasteiger partial charge in [0.15, 0.2) is 0 Å². The number of carbonyl (C=O) groups excluding carboxylic acids is 1. The number of thioether (sulfide) groups is 1. The molecule has 6 heteroatoms. The van der Waals surface area contributed by atoms with Gasteiger partial charge in [-0.25, -0.2) is 0 Å². The van der Waals surface area contributed by atoms with Crippen molar-refractivity contribution in [2.24, 2.45) is 0 Å². The van der Waals surface area contributed by atoms with Crippen LogP contribution in [0.3, 0.4) is 0 Å². The minimum atomic E-state index is -0.172. The second kappa shape index (κ2) is 6.06. The normalized spacial score (nSPS) is 12.1. The molecule has 2 rings (SSSR count).